The van der Waals surface area contributed by atoms with Crippen molar-refractivity contribution in [3.05, 3.63) is 61.2 Å². The van der Waals surface area contributed by atoms with Crippen molar-refractivity contribution in [3.8, 4) is 11.5 Å². The summed E-state index contributed by atoms with van der Waals surface area (Å²) in [5, 5.41) is 5.91. The molecule has 25 heavy (non-hydrogen) atoms. The first-order valence-electron chi connectivity index (χ1n) is 8.21. The van der Waals surface area contributed by atoms with E-state index in [4.69, 9.17) is 9.47 Å². The van der Waals surface area contributed by atoms with Gasteiger partial charge in [0.2, 0.25) is 5.91 Å². The molecule has 0 fully saturated rings. The lowest BCUT2D eigenvalue weighted by Crippen LogP contribution is -2.21. The van der Waals surface area contributed by atoms with E-state index in [1.807, 2.05) is 38.1 Å². The summed E-state index contributed by atoms with van der Waals surface area (Å²) in [5.74, 6) is 1.42. The zero-order chi connectivity index (χ0) is 18.1. The number of nitrogens with one attached hydrogen (secondary N) is 2. The molecule has 2 N–H and O–H groups in total. The lowest BCUT2D eigenvalue weighted by atomic mass is 10.3. The zero-order valence-electron chi connectivity index (χ0n) is 14.6. The smallest absolute Gasteiger partial charge is 0.243 e. The fourth-order valence-electron chi connectivity index (χ4n) is 2.10. The SMILES string of the molecule is C=CCOc1ccc(NC(=O)CNc2ccc(OC(C)C)cc2)cc1. The van der Waals surface area contributed by atoms with Crippen molar-refractivity contribution in [2.75, 3.05) is 23.8 Å². The van der Waals surface area contributed by atoms with Gasteiger partial charge < -0.3 is 20.1 Å². The third-order valence-electron chi connectivity index (χ3n) is 3.19. The summed E-state index contributed by atoms with van der Waals surface area (Å²) in [5.41, 5.74) is 1.58. The van der Waals surface area contributed by atoms with Crippen LogP contribution >= 0.6 is 0 Å². The summed E-state index contributed by atoms with van der Waals surface area (Å²) in [6, 6.07) is 14.7. The van der Waals surface area contributed by atoms with E-state index in [-0.39, 0.29) is 18.6 Å². The van der Waals surface area contributed by atoms with E-state index in [9.17, 15) is 4.79 Å². The van der Waals surface area contributed by atoms with Crippen molar-refractivity contribution in [2.45, 2.75) is 20.0 Å². The highest BCUT2D eigenvalue weighted by Crippen LogP contribution is 2.17. The number of benzene rings is 2. The molecule has 5 heteroatoms. The molecule has 0 spiro atoms. The van der Waals surface area contributed by atoms with Gasteiger partial charge in [-0.2, -0.15) is 0 Å². The summed E-state index contributed by atoms with van der Waals surface area (Å²) in [6.07, 6.45) is 1.82. The second kappa shape index (κ2) is 9.37. The number of rotatable bonds is 9. The average molecular weight is 340 g/mol. The molecule has 0 bridgehead atoms. The topological polar surface area (TPSA) is 59.6 Å². The molecule has 2 rings (SSSR count). The van der Waals surface area contributed by atoms with Crippen LogP contribution in [-0.4, -0.2) is 25.2 Å². The Kier molecular flexibility index (Phi) is 6.89. The molecule has 0 unspecified atom stereocenters. The normalized spacial score (nSPS) is 10.2. The summed E-state index contributed by atoms with van der Waals surface area (Å²) >= 11 is 0. The Hall–Kier alpha value is -2.95. The molecule has 0 aromatic heterocycles. The number of hydrogen-bond acceptors (Lipinski definition) is 4. The predicted molar refractivity (Wildman–Crippen MR) is 101 cm³/mol. The average Bonchev–Trinajstić information content (AvgIpc) is 2.60. The van der Waals surface area contributed by atoms with E-state index in [0.717, 1.165) is 22.9 Å². The summed E-state index contributed by atoms with van der Waals surface area (Å²) in [6.45, 7) is 8.20. The highest BCUT2D eigenvalue weighted by molar-refractivity contribution is 5.93. The van der Waals surface area contributed by atoms with Gasteiger partial charge in [0.25, 0.3) is 0 Å². The van der Waals surface area contributed by atoms with E-state index in [1.165, 1.54) is 0 Å². The molecule has 0 aliphatic heterocycles. The molecular formula is C20H24N2O3. The Bertz CT molecular complexity index is 679. The van der Waals surface area contributed by atoms with Crippen molar-refractivity contribution in [1.82, 2.24) is 0 Å². The molecule has 0 heterocycles. The Morgan fingerprint density at radius 2 is 1.64 bits per heavy atom. The second-order valence-corrected chi connectivity index (χ2v) is 5.72. The molecule has 0 atom stereocenters. The maximum Gasteiger partial charge on any atom is 0.243 e. The van der Waals surface area contributed by atoms with Crippen LogP contribution in [0, 0.1) is 0 Å². The Labute approximate surface area is 148 Å². The van der Waals surface area contributed by atoms with E-state index in [2.05, 4.69) is 17.2 Å². The van der Waals surface area contributed by atoms with E-state index in [0.29, 0.717) is 6.61 Å². The third kappa shape index (κ3) is 6.59. The standard InChI is InChI=1S/C20H24N2O3/c1-4-13-24-18-9-7-17(8-10-18)22-20(23)14-21-16-5-11-19(12-6-16)25-15(2)3/h4-12,15,21H,1,13-14H2,2-3H3,(H,22,23). The summed E-state index contributed by atoms with van der Waals surface area (Å²) < 4.78 is 11.0. The first-order valence-corrected chi connectivity index (χ1v) is 8.21. The molecule has 1 amide bonds. The van der Waals surface area contributed by atoms with Gasteiger partial charge in [-0.25, -0.2) is 0 Å². The van der Waals surface area contributed by atoms with Crippen molar-refractivity contribution in [2.24, 2.45) is 0 Å². The van der Waals surface area contributed by atoms with Gasteiger partial charge in [-0.15, -0.1) is 0 Å². The van der Waals surface area contributed by atoms with Crippen LogP contribution < -0.4 is 20.1 Å². The fourth-order valence-corrected chi connectivity index (χ4v) is 2.10. The molecular weight excluding hydrogens is 316 g/mol. The van der Waals surface area contributed by atoms with Crippen molar-refractivity contribution in [3.63, 3.8) is 0 Å². The van der Waals surface area contributed by atoms with Crippen LogP contribution in [0.1, 0.15) is 13.8 Å². The van der Waals surface area contributed by atoms with Crippen LogP contribution in [0.15, 0.2) is 61.2 Å². The number of hydrogen-bond donors (Lipinski definition) is 2. The monoisotopic (exact) mass is 340 g/mol. The van der Waals surface area contributed by atoms with Crippen LogP contribution in [0.4, 0.5) is 11.4 Å². The number of ether oxygens (including phenoxy) is 2. The minimum absolute atomic E-state index is 0.123. The highest BCUT2D eigenvalue weighted by atomic mass is 16.5. The van der Waals surface area contributed by atoms with Crippen molar-refractivity contribution < 1.29 is 14.3 Å². The van der Waals surface area contributed by atoms with Crippen LogP contribution in [0.5, 0.6) is 11.5 Å². The van der Waals surface area contributed by atoms with Gasteiger partial charge in [-0.3, -0.25) is 4.79 Å². The Morgan fingerprint density at radius 3 is 2.24 bits per heavy atom. The molecule has 2 aromatic carbocycles. The molecule has 0 saturated heterocycles. The van der Waals surface area contributed by atoms with Crippen LogP contribution in [0.2, 0.25) is 0 Å². The molecule has 0 aliphatic rings. The van der Waals surface area contributed by atoms with Gasteiger partial charge in [0.05, 0.1) is 12.6 Å². The maximum atomic E-state index is 12.0. The van der Waals surface area contributed by atoms with Gasteiger partial charge in [-0.1, -0.05) is 12.7 Å². The van der Waals surface area contributed by atoms with Crippen LogP contribution in [-0.2, 0) is 4.79 Å². The first kappa shape index (κ1) is 18.4. The highest BCUT2D eigenvalue weighted by Gasteiger charge is 2.03. The first-order chi connectivity index (χ1) is 12.1. The van der Waals surface area contributed by atoms with Gasteiger partial charge >= 0.3 is 0 Å². The lowest BCUT2D eigenvalue weighted by Gasteiger charge is -2.11. The van der Waals surface area contributed by atoms with Crippen LogP contribution in [0.25, 0.3) is 0 Å². The van der Waals surface area contributed by atoms with Crippen molar-refractivity contribution >= 4 is 17.3 Å². The maximum absolute atomic E-state index is 12.0. The lowest BCUT2D eigenvalue weighted by molar-refractivity contribution is -0.114. The quantitative estimate of drug-likeness (QED) is 0.675. The molecule has 132 valence electrons. The molecule has 0 saturated carbocycles. The van der Waals surface area contributed by atoms with Gasteiger partial charge in [0.1, 0.15) is 18.1 Å². The largest absolute Gasteiger partial charge is 0.491 e. The molecule has 0 aliphatic carbocycles. The minimum Gasteiger partial charge on any atom is -0.491 e. The van der Waals surface area contributed by atoms with Crippen LogP contribution in [0.3, 0.4) is 0 Å². The van der Waals surface area contributed by atoms with Gasteiger partial charge in [0.15, 0.2) is 0 Å². The Morgan fingerprint density at radius 1 is 1.04 bits per heavy atom. The van der Waals surface area contributed by atoms with E-state index >= 15 is 0 Å². The number of anilines is 2. The van der Waals surface area contributed by atoms with Crippen molar-refractivity contribution in [1.29, 1.82) is 0 Å². The number of carbonyl (C=O) groups is 1. The third-order valence-corrected chi connectivity index (χ3v) is 3.19. The number of carbonyl (C=O) groups excluding carboxylic acids is 1. The predicted octanol–water partition coefficient (Wildman–Crippen LogP) is 4.09. The van der Waals surface area contributed by atoms with E-state index in [1.54, 1.807) is 30.3 Å². The zero-order valence-corrected chi connectivity index (χ0v) is 14.6. The fraction of sp³-hybridized carbons (Fsp3) is 0.250. The summed E-state index contributed by atoms with van der Waals surface area (Å²) in [4.78, 5) is 12.0. The van der Waals surface area contributed by atoms with E-state index < -0.39 is 0 Å². The molecule has 5 nitrogen and oxygen atoms in total. The van der Waals surface area contributed by atoms with Gasteiger partial charge in [-0.05, 0) is 62.4 Å². The molecule has 0 radical (unpaired) electrons. The minimum atomic E-state index is -0.123. The van der Waals surface area contributed by atoms with Gasteiger partial charge in [0, 0.05) is 11.4 Å². The second-order valence-electron chi connectivity index (χ2n) is 5.72. The molecule has 2 aromatic rings. The number of amides is 1. The Balaban J connectivity index is 1.79. The summed E-state index contributed by atoms with van der Waals surface area (Å²) in [7, 11) is 0.